The Labute approximate surface area is 89.3 Å². The van der Waals surface area contributed by atoms with Crippen molar-refractivity contribution in [2.45, 2.75) is 0 Å². The second kappa shape index (κ2) is 2.91. The van der Waals surface area contributed by atoms with Gasteiger partial charge < -0.3 is 9.55 Å². The number of benzene rings is 1. The summed E-state index contributed by atoms with van der Waals surface area (Å²) in [4.78, 5) is 18.2. The molecule has 3 aromatic rings. The summed E-state index contributed by atoms with van der Waals surface area (Å²) < 4.78 is 15.2. The first-order chi connectivity index (χ1) is 7.68. The van der Waals surface area contributed by atoms with Gasteiger partial charge in [-0.25, -0.2) is 9.37 Å². The summed E-state index contributed by atoms with van der Waals surface area (Å²) in [5, 5.41) is 0.662. The Balaban J connectivity index is 2.73. The van der Waals surface area contributed by atoms with E-state index in [1.54, 1.807) is 30.1 Å². The Bertz CT molecular complexity index is 757. The molecular weight excluding hydrogens is 209 g/mol. The van der Waals surface area contributed by atoms with Crippen molar-refractivity contribution in [2.24, 2.45) is 7.05 Å². The Hall–Kier alpha value is -2.17. The zero-order valence-electron chi connectivity index (χ0n) is 8.49. The number of nitrogens with zero attached hydrogens (tertiary/aromatic N) is 2. The lowest BCUT2D eigenvalue weighted by Crippen LogP contribution is -2.07. The van der Waals surface area contributed by atoms with Gasteiger partial charge in [-0.05, 0) is 6.07 Å². The van der Waals surface area contributed by atoms with E-state index in [0.717, 1.165) is 0 Å². The van der Waals surface area contributed by atoms with Crippen molar-refractivity contribution in [3.8, 4) is 0 Å². The minimum Gasteiger partial charge on any atom is -0.333 e. The van der Waals surface area contributed by atoms with Gasteiger partial charge in [0, 0.05) is 12.4 Å². The van der Waals surface area contributed by atoms with Gasteiger partial charge in [0.05, 0.1) is 17.4 Å². The number of imidazole rings is 1. The molecule has 0 bridgehead atoms. The molecule has 0 unspecified atom stereocenters. The van der Waals surface area contributed by atoms with E-state index in [-0.39, 0.29) is 11.1 Å². The molecule has 0 saturated heterocycles. The minimum absolute atomic E-state index is 0.226. The van der Waals surface area contributed by atoms with Gasteiger partial charge in [0.1, 0.15) is 5.82 Å². The largest absolute Gasteiger partial charge is 0.333 e. The predicted octanol–water partition coefficient (Wildman–Crippen LogP) is 1.55. The highest BCUT2D eigenvalue weighted by Gasteiger charge is 2.11. The lowest BCUT2D eigenvalue weighted by Gasteiger charge is -2.02. The molecule has 5 heteroatoms. The number of aromatic nitrogens is 3. The molecule has 2 heterocycles. The maximum atomic E-state index is 13.5. The number of hydrogen-bond donors (Lipinski definition) is 1. The number of rotatable bonds is 0. The van der Waals surface area contributed by atoms with Gasteiger partial charge >= 0.3 is 0 Å². The number of pyridine rings is 1. The fourth-order valence-electron chi connectivity index (χ4n) is 1.94. The maximum absolute atomic E-state index is 13.5. The normalized spacial score (nSPS) is 11.4. The van der Waals surface area contributed by atoms with Crippen LogP contribution in [0.25, 0.3) is 21.9 Å². The molecule has 16 heavy (non-hydrogen) atoms. The Kier molecular flexibility index (Phi) is 1.65. The van der Waals surface area contributed by atoms with Crippen LogP contribution in [0.1, 0.15) is 0 Å². The Morgan fingerprint density at radius 2 is 2.25 bits per heavy atom. The summed E-state index contributed by atoms with van der Waals surface area (Å²) >= 11 is 0. The fourth-order valence-corrected chi connectivity index (χ4v) is 1.94. The van der Waals surface area contributed by atoms with E-state index in [0.29, 0.717) is 16.4 Å². The number of H-pyrrole nitrogens is 1. The van der Waals surface area contributed by atoms with Gasteiger partial charge in [-0.2, -0.15) is 0 Å². The Morgan fingerprint density at radius 1 is 1.44 bits per heavy atom. The molecule has 0 spiro atoms. The van der Waals surface area contributed by atoms with E-state index in [1.807, 2.05) is 0 Å². The molecule has 3 rings (SSSR count). The van der Waals surface area contributed by atoms with Crippen LogP contribution in [-0.2, 0) is 7.05 Å². The van der Waals surface area contributed by atoms with Crippen LogP contribution in [0.15, 0.2) is 29.3 Å². The number of hydrogen-bond acceptors (Lipinski definition) is 2. The van der Waals surface area contributed by atoms with Crippen LogP contribution in [0.3, 0.4) is 0 Å². The van der Waals surface area contributed by atoms with Crippen molar-refractivity contribution in [2.75, 3.05) is 0 Å². The number of para-hydroxylation sites is 1. The molecule has 0 saturated carbocycles. The SMILES string of the molecule is Cn1cnc2c(=O)[nH]c3c(F)cccc3c21. The second-order valence-corrected chi connectivity index (χ2v) is 3.67. The van der Waals surface area contributed by atoms with Crippen LogP contribution in [0.2, 0.25) is 0 Å². The lowest BCUT2D eigenvalue weighted by atomic mass is 10.2. The average Bonchev–Trinajstić information content (AvgIpc) is 2.64. The topological polar surface area (TPSA) is 50.7 Å². The van der Waals surface area contributed by atoms with Crippen molar-refractivity contribution in [3.63, 3.8) is 0 Å². The van der Waals surface area contributed by atoms with Gasteiger partial charge in [0.25, 0.3) is 5.56 Å². The van der Waals surface area contributed by atoms with E-state index in [1.165, 1.54) is 6.07 Å². The lowest BCUT2D eigenvalue weighted by molar-refractivity contribution is 0.636. The smallest absolute Gasteiger partial charge is 0.276 e. The second-order valence-electron chi connectivity index (χ2n) is 3.67. The average molecular weight is 217 g/mol. The third-order valence-electron chi connectivity index (χ3n) is 2.66. The number of fused-ring (bicyclic) bond motifs is 3. The van der Waals surface area contributed by atoms with Crippen molar-refractivity contribution in [1.82, 2.24) is 14.5 Å². The molecule has 0 aliphatic heterocycles. The maximum Gasteiger partial charge on any atom is 0.276 e. The summed E-state index contributed by atoms with van der Waals surface area (Å²) in [5.41, 5.74) is 0.843. The Morgan fingerprint density at radius 3 is 3.06 bits per heavy atom. The third kappa shape index (κ3) is 1.02. The summed E-state index contributed by atoms with van der Waals surface area (Å²) in [5.74, 6) is -0.433. The molecule has 2 aromatic heterocycles. The number of aromatic amines is 1. The van der Waals surface area contributed by atoms with E-state index in [2.05, 4.69) is 9.97 Å². The van der Waals surface area contributed by atoms with Crippen molar-refractivity contribution in [3.05, 3.63) is 40.7 Å². The van der Waals surface area contributed by atoms with Gasteiger partial charge in [-0.1, -0.05) is 12.1 Å². The highest BCUT2D eigenvalue weighted by Crippen LogP contribution is 2.21. The monoisotopic (exact) mass is 217 g/mol. The van der Waals surface area contributed by atoms with E-state index < -0.39 is 5.82 Å². The van der Waals surface area contributed by atoms with Gasteiger partial charge in [-0.15, -0.1) is 0 Å². The summed E-state index contributed by atoms with van der Waals surface area (Å²) in [6, 6.07) is 4.70. The first-order valence-electron chi connectivity index (χ1n) is 4.80. The minimum atomic E-state index is -0.433. The van der Waals surface area contributed by atoms with Gasteiger partial charge in [0.15, 0.2) is 5.52 Å². The molecule has 0 atom stereocenters. The number of aryl methyl sites for hydroxylation is 1. The van der Waals surface area contributed by atoms with E-state index in [9.17, 15) is 9.18 Å². The van der Waals surface area contributed by atoms with Crippen LogP contribution in [0, 0.1) is 5.82 Å². The fraction of sp³-hybridized carbons (Fsp3) is 0.0909. The summed E-state index contributed by atoms with van der Waals surface area (Å²) in [7, 11) is 1.78. The van der Waals surface area contributed by atoms with Crippen LogP contribution >= 0.6 is 0 Å². The van der Waals surface area contributed by atoms with E-state index in [4.69, 9.17) is 0 Å². The quantitative estimate of drug-likeness (QED) is 0.621. The first kappa shape index (κ1) is 9.08. The molecule has 4 nitrogen and oxygen atoms in total. The van der Waals surface area contributed by atoms with E-state index >= 15 is 0 Å². The number of halogens is 1. The van der Waals surface area contributed by atoms with Gasteiger partial charge in [0.2, 0.25) is 0 Å². The first-order valence-corrected chi connectivity index (χ1v) is 4.80. The molecule has 1 N–H and O–H groups in total. The molecule has 0 fully saturated rings. The summed E-state index contributed by atoms with van der Waals surface area (Å²) in [6.45, 7) is 0. The molecule has 0 amide bonds. The molecule has 1 aromatic carbocycles. The predicted molar refractivity (Wildman–Crippen MR) is 58.8 cm³/mol. The van der Waals surface area contributed by atoms with Crippen LogP contribution in [-0.4, -0.2) is 14.5 Å². The molecule has 80 valence electrons. The zero-order valence-corrected chi connectivity index (χ0v) is 8.49. The number of nitrogens with one attached hydrogen (secondary N) is 1. The van der Waals surface area contributed by atoms with Crippen LogP contribution < -0.4 is 5.56 Å². The van der Waals surface area contributed by atoms with Gasteiger partial charge in [-0.3, -0.25) is 4.79 Å². The van der Waals surface area contributed by atoms with Crippen LogP contribution in [0.4, 0.5) is 4.39 Å². The summed E-state index contributed by atoms with van der Waals surface area (Å²) in [6.07, 6.45) is 1.55. The van der Waals surface area contributed by atoms with Crippen molar-refractivity contribution in [1.29, 1.82) is 0 Å². The molecule has 0 radical (unpaired) electrons. The van der Waals surface area contributed by atoms with Crippen molar-refractivity contribution >= 4 is 21.9 Å². The highest BCUT2D eigenvalue weighted by atomic mass is 19.1. The van der Waals surface area contributed by atoms with Crippen LogP contribution in [0.5, 0.6) is 0 Å². The third-order valence-corrected chi connectivity index (χ3v) is 2.66. The zero-order chi connectivity index (χ0) is 11.3. The highest BCUT2D eigenvalue weighted by molar-refractivity contribution is 6.01. The molecule has 0 aliphatic carbocycles. The standard InChI is InChI=1S/C11H8FN3O/c1-15-5-13-9-10(15)6-3-2-4-7(12)8(6)14-11(9)16/h2-5H,1H3,(H,14,16). The molecule has 0 aliphatic rings. The van der Waals surface area contributed by atoms with Crippen molar-refractivity contribution < 1.29 is 4.39 Å². The molecular formula is C11H8FN3O.